The molecule has 0 bridgehead atoms. The van der Waals surface area contributed by atoms with E-state index in [1.807, 2.05) is 13.8 Å². The summed E-state index contributed by atoms with van der Waals surface area (Å²) in [5.41, 5.74) is 5.09. The monoisotopic (exact) mass is 324 g/mol. The SMILES string of the molecule is CC(C)OCCN(C)S(=O)(=O)c1cc(Cl)cc(N)c1F. The first-order valence-electron chi connectivity index (χ1n) is 5.98. The van der Waals surface area contributed by atoms with Gasteiger partial charge >= 0.3 is 0 Å². The Hall–Kier alpha value is -0.890. The lowest BCUT2D eigenvalue weighted by Crippen LogP contribution is -2.31. The molecular weight excluding hydrogens is 307 g/mol. The van der Waals surface area contributed by atoms with Crippen molar-refractivity contribution in [3.63, 3.8) is 0 Å². The van der Waals surface area contributed by atoms with Crippen molar-refractivity contribution in [1.82, 2.24) is 4.31 Å². The Morgan fingerprint density at radius 1 is 1.45 bits per heavy atom. The Morgan fingerprint density at radius 2 is 2.05 bits per heavy atom. The minimum atomic E-state index is -4.00. The number of nitrogens with zero attached hydrogens (tertiary/aromatic N) is 1. The molecule has 1 rings (SSSR count). The van der Waals surface area contributed by atoms with Crippen LogP contribution in [0.4, 0.5) is 10.1 Å². The van der Waals surface area contributed by atoms with Gasteiger partial charge in [0.2, 0.25) is 10.0 Å². The van der Waals surface area contributed by atoms with E-state index in [0.29, 0.717) is 0 Å². The molecule has 0 saturated carbocycles. The van der Waals surface area contributed by atoms with Gasteiger partial charge in [-0.1, -0.05) is 11.6 Å². The average molecular weight is 325 g/mol. The molecule has 0 saturated heterocycles. The third-order valence-electron chi connectivity index (χ3n) is 2.58. The first-order chi connectivity index (χ1) is 9.16. The van der Waals surface area contributed by atoms with Crippen molar-refractivity contribution in [3.8, 4) is 0 Å². The first kappa shape index (κ1) is 17.2. The van der Waals surface area contributed by atoms with E-state index in [-0.39, 0.29) is 30.0 Å². The molecule has 0 aliphatic heterocycles. The van der Waals surface area contributed by atoms with Gasteiger partial charge in [-0.3, -0.25) is 0 Å². The largest absolute Gasteiger partial charge is 0.396 e. The minimum Gasteiger partial charge on any atom is -0.396 e. The van der Waals surface area contributed by atoms with Crippen molar-refractivity contribution >= 4 is 27.3 Å². The molecule has 0 spiro atoms. The van der Waals surface area contributed by atoms with Crippen LogP contribution in [0.25, 0.3) is 0 Å². The maximum Gasteiger partial charge on any atom is 0.245 e. The van der Waals surface area contributed by atoms with Crippen LogP contribution in [0.15, 0.2) is 17.0 Å². The number of hydrogen-bond acceptors (Lipinski definition) is 4. The van der Waals surface area contributed by atoms with E-state index in [1.165, 1.54) is 7.05 Å². The van der Waals surface area contributed by atoms with Crippen LogP contribution in [0.2, 0.25) is 5.02 Å². The molecule has 0 fully saturated rings. The summed E-state index contributed by atoms with van der Waals surface area (Å²) in [4.78, 5) is -0.533. The van der Waals surface area contributed by atoms with Crippen molar-refractivity contribution in [2.24, 2.45) is 0 Å². The smallest absolute Gasteiger partial charge is 0.245 e. The molecule has 0 aromatic heterocycles. The van der Waals surface area contributed by atoms with Crippen LogP contribution in [-0.4, -0.2) is 39.0 Å². The number of ether oxygens (including phenoxy) is 1. The number of anilines is 1. The van der Waals surface area contributed by atoms with Crippen LogP contribution >= 0.6 is 11.6 Å². The van der Waals surface area contributed by atoms with Crippen molar-refractivity contribution in [2.75, 3.05) is 25.9 Å². The lowest BCUT2D eigenvalue weighted by molar-refractivity contribution is 0.0737. The lowest BCUT2D eigenvalue weighted by atomic mass is 10.3. The van der Waals surface area contributed by atoms with Gasteiger partial charge in [0, 0.05) is 18.6 Å². The van der Waals surface area contributed by atoms with Gasteiger partial charge in [0.25, 0.3) is 0 Å². The topological polar surface area (TPSA) is 72.6 Å². The molecule has 1 aromatic carbocycles. The molecule has 0 aliphatic rings. The number of sulfonamides is 1. The summed E-state index contributed by atoms with van der Waals surface area (Å²) >= 11 is 5.72. The van der Waals surface area contributed by atoms with E-state index in [1.54, 1.807) is 0 Å². The van der Waals surface area contributed by atoms with Gasteiger partial charge in [-0.15, -0.1) is 0 Å². The van der Waals surface area contributed by atoms with E-state index in [2.05, 4.69) is 0 Å². The molecule has 0 amide bonds. The zero-order valence-corrected chi connectivity index (χ0v) is 13.1. The van der Waals surface area contributed by atoms with E-state index < -0.39 is 20.7 Å². The molecule has 0 atom stereocenters. The summed E-state index contributed by atoms with van der Waals surface area (Å²) in [7, 11) is -2.66. The van der Waals surface area contributed by atoms with E-state index in [9.17, 15) is 12.8 Å². The van der Waals surface area contributed by atoms with Crippen LogP contribution in [0.5, 0.6) is 0 Å². The van der Waals surface area contributed by atoms with Gasteiger partial charge in [-0.25, -0.2) is 12.8 Å². The normalized spacial score (nSPS) is 12.3. The van der Waals surface area contributed by atoms with E-state index in [0.717, 1.165) is 16.4 Å². The third kappa shape index (κ3) is 4.05. The Kier molecular flexibility index (Phi) is 5.76. The van der Waals surface area contributed by atoms with Crippen molar-refractivity contribution in [1.29, 1.82) is 0 Å². The molecule has 114 valence electrons. The number of halogens is 2. The highest BCUT2D eigenvalue weighted by molar-refractivity contribution is 7.89. The first-order valence-corrected chi connectivity index (χ1v) is 7.80. The standard InChI is InChI=1S/C12H18ClFN2O3S/c1-8(2)19-5-4-16(3)20(17,18)11-7-9(13)6-10(15)12(11)14/h6-8H,4-5,15H2,1-3H3. The van der Waals surface area contributed by atoms with Crippen molar-refractivity contribution in [2.45, 2.75) is 24.8 Å². The Balaban J connectivity index is 2.99. The summed E-state index contributed by atoms with van der Waals surface area (Å²) in [6.07, 6.45) is -0.00958. The zero-order chi connectivity index (χ0) is 15.5. The highest BCUT2D eigenvalue weighted by Crippen LogP contribution is 2.27. The maximum absolute atomic E-state index is 13.9. The van der Waals surface area contributed by atoms with Crippen LogP contribution < -0.4 is 5.73 Å². The number of nitrogens with two attached hydrogens (primary N) is 1. The van der Waals surface area contributed by atoms with Crippen LogP contribution in [0.1, 0.15) is 13.8 Å². The number of benzene rings is 1. The van der Waals surface area contributed by atoms with Crippen molar-refractivity contribution < 1.29 is 17.5 Å². The second-order valence-electron chi connectivity index (χ2n) is 4.55. The number of likely N-dealkylation sites (N-methyl/N-ethyl adjacent to an activating group) is 1. The molecule has 0 aliphatic carbocycles. The maximum atomic E-state index is 13.9. The molecular formula is C12H18ClFN2O3S. The van der Waals surface area contributed by atoms with Gasteiger partial charge < -0.3 is 10.5 Å². The van der Waals surface area contributed by atoms with Gasteiger partial charge in [-0.05, 0) is 26.0 Å². The van der Waals surface area contributed by atoms with Crippen LogP contribution in [-0.2, 0) is 14.8 Å². The van der Waals surface area contributed by atoms with Crippen LogP contribution in [0, 0.1) is 5.82 Å². The lowest BCUT2D eigenvalue weighted by Gasteiger charge is -2.19. The molecule has 5 nitrogen and oxygen atoms in total. The molecule has 0 heterocycles. The summed E-state index contributed by atoms with van der Waals surface area (Å²) < 4.78 is 44.6. The second-order valence-corrected chi connectivity index (χ2v) is 7.00. The molecule has 2 N–H and O–H groups in total. The Morgan fingerprint density at radius 3 is 2.60 bits per heavy atom. The van der Waals surface area contributed by atoms with Crippen molar-refractivity contribution in [3.05, 3.63) is 23.0 Å². The Bertz CT molecular complexity index is 578. The molecule has 0 unspecified atom stereocenters. The fourth-order valence-corrected chi connectivity index (χ4v) is 3.04. The second kappa shape index (κ2) is 6.71. The molecule has 20 heavy (non-hydrogen) atoms. The Labute approximate surface area is 123 Å². The van der Waals surface area contributed by atoms with Gasteiger partial charge in [0.1, 0.15) is 4.90 Å². The zero-order valence-electron chi connectivity index (χ0n) is 11.6. The molecule has 1 aromatic rings. The van der Waals surface area contributed by atoms with Gasteiger partial charge in [0.15, 0.2) is 5.82 Å². The number of nitrogen functional groups attached to an aromatic ring is 1. The summed E-state index contributed by atoms with van der Waals surface area (Å²) in [5, 5.41) is 0.0642. The highest BCUT2D eigenvalue weighted by Gasteiger charge is 2.26. The van der Waals surface area contributed by atoms with Crippen LogP contribution in [0.3, 0.4) is 0 Å². The molecule has 0 radical (unpaired) electrons. The fourth-order valence-electron chi connectivity index (χ4n) is 1.48. The predicted molar refractivity (Wildman–Crippen MR) is 76.7 cm³/mol. The summed E-state index contributed by atoms with van der Waals surface area (Å²) in [6, 6.07) is 2.21. The molecule has 8 heteroatoms. The quantitative estimate of drug-likeness (QED) is 0.813. The van der Waals surface area contributed by atoms with Gasteiger partial charge in [-0.2, -0.15) is 4.31 Å². The number of rotatable bonds is 6. The van der Waals surface area contributed by atoms with E-state index >= 15 is 0 Å². The van der Waals surface area contributed by atoms with E-state index in [4.69, 9.17) is 22.1 Å². The third-order valence-corrected chi connectivity index (χ3v) is 4.65. The minimum absolute atomic E-state index is 0.00958. The number of hydrogen-bond donors (Lipinski definition) is 1. The highest BCUT2D eigenvalue weighted by atomic mass is 35.5. The average Bonchev–Trinajstić information content (AvgIpc) is 2.32. The summed E-state index contributed by atoms with van der Waals surface area (Å²) in [6.45, 7) is 4.00. The predicted octanol–water partition coefficient (Wildman–Crippen LogP) is 2.11. The fraction of sp³-hybridized carbons (Fsp3) is 0.500. The van der Waals surface area contributed by atoms with Gasteiger partial charge in [0.05, 0.1) is 18.4 Å². The summed E-state index contributed by atoms with van der Waals surface area (Å²) in [5.74, 6) is -0.994.